The van der Waals surface area contributed by atoms with E-state index < -0.39 is 0 Å². The third-order valence-corrected chi connectivity index (χ3v) is 5.79. The van der Waals surface area contributed by atoms with Gasteiger partial charge in [-0.1, -0.05) is 37.1 Å². The van der Waals surface area contributed by atoms with Gasteiger partial charge in [-0.3, -0.25) is 0 Å². The van der Waals surface area contributed by atoms with Crippen molar-refractivity contribution in [1.29, 1.82) is 0 Å². The van der Waals surface area contributed by atoms with Crippen molar-refractivity contribution in [2.24, 2.45) is 0 Å². The first-order valence-corrected chi connectivity index (χ1v) is 10.8. The fourth-order valence-corrected chi connectivity index (χ4v) is 4.08. The van der Waals surface area contributed by atoms with E-state index in [0.29, 0.717) is 0 Å². The largest absolute Gasteiger partial charge is 0.311 e. The highest BCUT2D eigenvalue weighted by Crippen LogP contribution is 2.09. The van der Waals surface area contributed by atoms with Crippen molar-refractivity contribution in [2.75, 3.05) is 52.4 Å². The lowest BCUT2D eigenvalue weighted by atomic mass is 10.1. The molecule has 1 aromatic rings. The molecule has 0 amide bonds. The summed E-state index contributed by atoms with van der Waals surface area (Å²) in [6.45, 7) is 11.7. The van der Waals surface area contributed by atoms with Gasteiger partial charge in [0, 0.05) is 39.3 Å². The van der Waals surface area contributed by atoms with E-state index in [2.05, 4.69) is 44.7 Å². The Hall–Kier alpha value is -0.940. The lowest BCUT2D eigenvalue weighted by molar-refractivity contribution is 0.229. The second-order valence-electron chi connectivity index (χ2n) is 7.97. The molecule has 3 rings (SSSR count). The fourth-order valence-electron chi connectivity index (χ4n) is 4.08. The van der Waals surface area contributed by atoms with Crippen LogP contribution in [0.25, 0.3) is 0 Å². The van der Waals surface area contributed by atoms with Crippen molar-refractivity contribution in [3.8, 4) is 0 Å². The summed E-state index contributed by atoms with van der Waals surface area (Å²) in [5, 5.41) is 7.19. The molecule has 0 spiro atoms. The Morgan fingerprint density at radius 1 is 0.577 bits per heavy atom. The van der Waals surface area contributed by atoms with Crippen molar-refractivity contribution < 1.29 is 0 Å². The molecule has 26 heavy (non-hydrogen) atoms. The summed E-state index contributed by atoms with van der Waals surface area (Å²) in [7, 11) is 0. The van der Waals surface area contributed by atoms with Crippen LogP contribution in [0.5, 0.6) is 0 Å². The van der Waals surface area contributed by atoms with Crippen LogP contribution in [0.1, 0.15) is 49.7 Å². The molecule has 4 nitrogen and oxygen atoms in total. The SMILES string of the molecule is c1cc(CNCCN2CCCCC2)ccc1CNCCN1CCCCC1. The summed E-state index contributed by atoms with van der Waals surface area (Å²) in [6, 6.07) is 9.09. The van der Waals surface area contributed by atoms with Gasteiger partial charge in [0.15, 0.2) is 0 Å². The number of rotatable bonds is 10. The normalized spacial score (nSPS) is 19.7. The van der Waals surface area contributed by atoms with E-state index in [4.69, 9.17) is 0 Å². The summed E-state index contributed by atoms with van der Waals surface area (Å²) in [5.41, 5.74) is 2.78. The second-order valence-corrected chi connectivity index (χ2v) is 7.97. The Kier molecular flexibility index (Phi) is 8.92. The molecule has 0 aromatic heterocycles. The Balaban J connectivity index is 1.24. The van der Waals surface area contributed by atoms with Crippen LogP contribution in [-0.4, -0.2) is 62.2 Å². The summed E-state index contributed by atoms with van der Waals surface area (Å²) >= 11 is 0. The first-order chi connectivity index (χ1) is 12.9. The molecule has 0 atom stereocenters. The molecule has 2 saturated heterocycles. The van der Waals surface area contributed by atoms with Crippen molar-refractivity contribution in [1.82, 2.24) is 20.4 Å². The average Bonchev–Trinajstić information content (AvgIpc) is 2.71. The van der Waals surface area contributed by atoms with Gasteiger partial charge in [-0.2, -0.15) is 0 Å². The van der Waals surface area contributed by atoms with Gasteiger partial charge in [-0.15, -0.1) is 0 Å². The quantitative estimate of drug-likeness (QED) is 0.630. The number of hydrogen-bond acceptors (Lipinski definition) is 4. The summed E-state index contributed by atoms with van der Waals surface area (Å²) in [5.74, 6) is 0. The first kappa shape index (κ1) is 19.8. The lowest BCUT2D eigenvalue weighted by Crippen LogP contribution is -2.35. The van der Waals surface area contributed by atoms with Gasteiger partial charge in [0.25, 0.3) is 0 Å². The number of nitrogens with one attached hydrogen (secondary N) is 2. The molecular weight excluding hydrogens is 320 g/mol. The maximum Gasteiger partial charge on any atom is 0.0206 e. The van der Waals surface area contributed by atoms with Crippen LogP contribution in [-0.2, 0) is 13.1 Å². The smallest absolute Gasteiger partial charge is 0.0206 e. The maximum absolute atomic E-state index is 3.59. The molecule has 1 aromatic carbocycles. The highest BCUT2D eigenvalue weighted by Gasteiger charge is 2.09. The van der Waals surface area contributed by atoms with Crippen LogP contribution < -0.4 is 10.6 Å². The predicted octanol–water partition coefficient (Wildman–Crippen LogP) is 2.84. The van der Waals surface area contributed by atoms with Crippen LogP contribution in [0.3, 0.4) is 0 Å². The summed E-state index contributed by atoms with van der Waals surface area (Å²) in [6.07, 6.45) is 8.37. The van der Waals surface area contributed by atoms with E-state index in [0.717, 1.165) is 26.2 Å². The molecule has 2 aliphatic heterocycles. The Bertz CT molecular complexity index is 430. The molecule has 0 aliphatic carbocycles. The van der Waals surface area contributed by atoms with E-state index in [1.807, 2.05) is 0 Å². The molecule has 2 aliphatic rings. The minimum absolute atomic E-state index is 0.983. The minimum atomic E-state index is 0.983. The maximum atomic E-state index is 3.59. The van der Waals surface area contributed by atoms with Gasteiger partial charge in [0.05, 0.1) is 0 Å². The average molecular weight is 359 g/mol. The molecular formula is C22H38N4. The standard InChI is InChI=1S/C22H38N4/c1-3-13-25(14-4-1)17-11-23-19-21-7-9-22(10-8-21)20-24-12-18-26-15-5-2-6-16-26/h7-10,23-24H,1-6,11-20H2. The monoisotopic (exact) mass is 358 g/mol. The van der Waals surface area contributed by atoms with E-state index >= 15 is 0 Å². The van der Waals surface area contributed by atoms with Crippen LogP contribution in [0.4, 0.5) is 0 Å². The molecule has 146 valence electrons. The van der Waals surface area contributed by atoms with Crippen molar-refractivity contribution >= 4 is 0 Å². The van der Waals surface area contributed by atoms with Crippen LogP contribution >= 0.6 is 0 Å². The fraction of sp³-hybridized carbons (Fsp3) is 0.727. The van der Waals surface area contributed by atoms with Crippen LogP contribution in [0, 0.1) is 0 Å². The highest BCUT2D eigenvalue weighted by atomic mass is 15.1. The molecule has 0 radical (unpaired) electrons. The van der Waals surface area contributed by atoms with Crippen molar-refractivity contribution in [3.05, 3.63) is 35.4 Å². The zero-order chi connectivity index (χ0) is 17.9. The summed E-state index contributed by atoms with van der Waals surface area (Å²) in [4.78, 5) is 5.18. The summed E-state index contributed by atoms with van der Waals surface area (Å²) < 4.78 is 0. The van der Waals surface area contributed by atoms with E-state index in [1.54, 1.807) is 0 Å². The molecule has 0 bridgehead atoms. The molecule has 2 heterocycles. The number of likely N-dealkylation sites (tertiary alicyclic amines) is 2. The molecule has 2 N–H and O–H groups in total. The molecule has 0 unspecified atom stereocenters. The van der Waals surface area contributed by atoms with Gasteiger partial charge in [-0.25, -0.2) is 0 Å². The highest BCUT2D eigenvalue weighted by molar-refractivity contribution is 5.22. The van der Waals surface area contributed by atoms with Crippen molar-refractivity contribution in [3.63, 3.8) is 0 Å². The van der Waals surface area contributed by atoms with Gasteiger partial charge in [0.2, 0.25) is 0 Å². The van der Waals surface area contributed by atoms with E-state index in [9.17, 15) is 0 Å². The van der Waals surface area contributed by atoms with E-state index in [1.165, 1.54) is 88.9 Å². The zero-order valence-corrected chi connectivity index (χ0v) is 16.5. The van der Waals surface area contributed by atoms with Gasteiger partial charge in [0.1, 0.15) is 0 Å². The first-order valence-electron chi connectivity index (χ1n) is 10.8. The Labute approximate surface area is 160 Å². The molecule has 2 fully saturated rings. The van der Waals surface area contributed by atoms with Gasteiger partial charge in [-0.05, 0) is 63.0 Å². The topological polar surface area (TPSA) is 30.5 Å². The number of nitrogens with zero attached hydrogens (tertiary/aromatic N) is 2. The van der Waals surface area contributed by atoms with E-state index in [-0.39, 0.29) is 0 Å². The Morgan fingerprint density at radius 3 is 1.35 bits per heavy atom. The predicted molar refractivity (Wildman–Crippen MR) is 110 cm³/mol. The number of benzene rings is 1. The van der Waals surface area contributed by atoms with Crippen LogP contribution in [0.2, 0.25) is 0 Å². The Morgan fingerprint density at radius 2 is 0.962 bits per heavy atom. The third kappa shape index (κ3) is 7.36. The third-order valence-electron chi connectivity index (χ3n) is 5.79. The van der Waals surface area contributed by atoms with Crippen molar-refractivity contribution in [2.45, 2.75) is 51.6 Å². The van der Waals surface area contributed by atoms with Gasteiger partial charge < -0.3 is 20.4 Å². The number of piperidine rings is 2. The zero-order valence-electron chi connectivity index (χ0n) is 16.5. The number of hydrogen-bond donors (Lipinski definition) is 2. The molecule has 0 saturated carbocycles. The van der Waals surface area contributed by atoms with Gasteiger partial charge >= 0.3 is 0 Å². The second kappa shape index (κ2) is 11.7. The molecule has 4 heteroatoms. The van der Waals surface area contributed by atoms with Crippen LogP contribution in [0.15, 0.2) is 24.3 Å². The lowest BCUT2D eigenvalue weighted by Gasteiger charge is -2.26. The minimum Gasteiger partial charge on any atom is -0.311 e.